The van der Waals surface area contributed by atoms with Gasteiger partial charge < -0.3 is 5.11 Å². The first kappa shape index (κ1) is 21.7. The smallest absolute Gasteiger partial charge is 0.330 e. The lowest BCUT2D eigenvalue weighted by Gasteiger charge is -2.17. The van der Waals surface area contributed by atoms with Crippen molar-refractivity contribution in [2.45, 2.75) is 27.2 Å². The third-order valence-corrected chi connectivity index (χ3v) is 2.17. The van der Waals surface area contributed by atoms with Crippen molar-refractivity contribution < 1.29 is 9.90 Å². The molecule has 0 fully saturated rings. The molecule has 0 atom stereocenters. The van der Waals surface area contributed by atoms with E-state index >= 15 is 0 Å². The van der Waals surface area contributed by atoms with Gasteiger partial charge in [-0.3, -0.25) is 0 Å². The van der Waals surface area contributed by atoms with Gasteiger partial charge in [0.25, 0.3) is 0 Å². The molecule has 118 valence electrons. The van der Waals surface area contributed by atoms with Gasteiger partial charge >= 0.3 is 5.97 Å². The van der Waals surface area contributed by atoms with Crippen LogP contribution in [-0.2, 0) is 4.79 Å². The van der Waals surface area contributed by atoms with Crippen molar-refractivity contribution in [1.29, 1.82) is 5.26 Å². The monoisotopic (exact) mass is 299 g/mol. The molecule has 0 saturated heterocycles. The Bertz CT molecular complexity index is 517. The van der Waals surface area contributed by atoms with Gasteiger partial charge in [-0.1, -0.05) is 76.9 Å². The SMILES string of the molecule is C=C(CC(C)(C)C)C(=O)O.C=CC#N.C=Cc1ccccc1. The van der Waals surface area contributed by atoms with Crippen LogP contribution < -0.4 is 0 Å². The minimum atomic E-state index is -0.894. The van der Waals surface area contributed by atoms with E-state index in [2.05, 4.69) is 19.7 Å². The zero-order chi connectivity index (χ0) is 17.6. The van der Waals surface area contributed by atoms with Gasteiger partial charge in [0.15, 0.2) is 0 Å². The summed E-state index contributed by atoms with van der Waals surface area (Å²) in [6.07, 6.45) is 3.56. The van der Waals surface area contributed by atoms with Gasteiger partial charge in [0.2, 0.25) is 0 Å². The van der Waals surface area contributed by atoms with Gasteiger partial charge in [-0.25, -0.2) is 4.79 Å². The second-order valence-electron chi connectivity index (χ2n) is 5.59. The second-order valence-corrected chi connectivity index (χ2v) is 5.59. The van der Waals surface area contributed by atoms with Crippen molar-refractivity contribution in [2.75, 3.05) is 0 Å². The molecule has 22 heavy (non-hydrogen) atoms. The van der Waals surface area contributed by atoms with E-state index in [4.69, 9.17) is 10.4 Å². The van der Waals surface area contributed by atoms with Crippen molar-refractivity contribution >= 4 is 12.0 Å². The molecule has 0 saturated carbocycles. The van der Waals surface area contributed by atoms with Crippen LogP contribution in [0.15, 0.2) is 61.7 Å². The lowest BCUT2D eigenvalue weighted by atomic mass is 9.88. The molecular formula is C19H25NO2. The Labute approximate surface area is 133 Å². The maximum Gasteiger partial charge on any atom is 0.330 e. The highest BCUT2D eigenvalue weighted by Gasteiger charge is 2.15. The Morgan fingerprint density at radius 1 is 1.27 bits per heavy atom. The summed E-state index contributed by atoms with van der Waals surface area (Å²) in [6.45, 7) is 16.2. The molecule has 0 radical (unpaired) electrons. The number of benzene rings is 1. The molecule has 0 aromatic heterocycles. The van der Waals surface area contributed by atoms with Crippen LogP contribution in [0.25, 0.3) is 6.08 Å². The summed E-state index contributed by atoms with van der Waals surface area (Å²) in [5.74, 6) is -0.894. The van der Waals surface area contributed by atoms with Crippen molar-refractivity contribution in [3.05, 3.63) is 67.3 Å². The first-order valence-electron chi connectivity index (χ1n) is 6.77. The van der Waals surface area contributed by atoms with E-state index in [-0.39, 0.29) is 11.0 Å². The Kier molecular flexibility index (Phi) is 12.0. The molecule has 3 nitrogen and oxygen atoms in total. The molecule has 0 aliphatic rings. The maximum absolute atomic E-state index is 10.3. The van der Waals surface area contributed by atoms with Crippen LogP contribution in [0.3, 0.4) is 0 Å². The Balaban J connectivity index is 0. The third kappa shape index (κ3) is 15.5. The molecule has 1 rings (SSSR count). The van der Waals surface area contributed by atoms with Crippen LogP contribution in [0.1, 0.15) is 32.8 Å². The Morgan fingerprint density at radius 2 is 1.73 bits per heavy atom. The van der Waals surface area contributed by atoms with Gasteiger partial charge in [0.05, 0.1) is 6.07 Å². The highest BCUT2D eigenvalue weighted by molar-refractivity contribution is 5.85. The number of nitriles is 1. The molecule has 0 spiro atoms. The number of carboxylic acid groups (broad SMARTS) is 1. The fourth-order valence-electron chi connectivity index (χ4n) is 1.30. The Hall–Kier alpha value is -2.60. The average Bonchev–Trinajstić information content (AvgIpc) is 2.47. The predicted octanol–water partition coefficient (Wildman–Crippen LogP) is 5.09. The molecule has 1 N–H and O–H groups in total. The number of nitrogens with zero attached hydrogens (tertiary/aromatic N) is 1. The summed E-state index contributed by atoms with van der Waals surface area (Å²) < 4.78 is 0. The Morgan fingerprint density at radius 3 is 1.91 bits per heavy atom. The summed E-state index contributed by atoms with van der Waals surface area (Å²) in [6, 6.07) is 11.7. The van der Waals surface area contributed by atoms with Crippen LogP contribution >= 0.6 is 0 Å². The predicted molar refractivity (Wildman–Crippen MR) is 93.2 cm³/mol. The standard InChI is InChI=1S/C8H14O2.C8H8.C3H3N/c1-6(7(9)10)5-8(2,3)4;1-2-8-6-4-3-5-7-8;1-2-3-4/h1,5H2,2-4H3,(H,9,10);2-7H,1H2;2H,1H2. The summed E-state index contributed by atoms with van der Waals surface area (Å²) in [5.41, 5.74) is 1.48. The number of hydrogen-bond donors (Lipinski definition) is 1. The van der Waals surface area contributed by atoms with Crippen molar-refractivity contribution in [3.63, 3.8) is 0 Å². The van der Waals surface area contributed by atoms with Crippen LogP contribution in [0.4, 0.5) is 0 Å². The summed E-state index contributed by atoms with van der Waals surface area (Å²) >= 11 is 0. The van der Waals surface area contributed by atoms with E-state index in [0.717, 1.165) is 0 Å². The van der Waals surface area contributed by atoms with Gasteiger partial charge in [0.1, 0.15) is 0 Å². The van der Waals surface area contributed by atoms with Crippen molar-refractivity contribution in [3.8, 4) is 6.07 Å². The molecular weight excluding hydrogens is 274 g/mol. The first-order chi connectivity index (χ1) is 10.2. The second kappa shape index (κ2) is 12.2. The minimum absolute atomic E-state index is 0.0233. The van der Waals surface area contributed by atoms with Gasteiger partial charge in [-0.2, -0.15) is 5.26 Å². The van der Waals surface area contributed by atoms with Crippen molar-refractivity contribution in [1.82, 2.24) is 0 Å². The number of rotatable bonds is 3. The highest BCUT2D eigenvalue weighted by Crippen LogP contribution is 2.22. The molecule has 0 unspecified atom stereocenters. The molecule has 0 bridgehead atoms. The van der Waals surface area contributed by atoms with E-state index in [9.17, 15) is 4.79 Å². The number of carboxylic acids is 1. The number of carbonyl (C=O) groups is 1. The van der Waals surface area contributed by atoms with Crippen LogP contribution in [0.2, 0.25) is 0 Å². The fourth-order valence-corrected chi connectivity index (χ4v) is 1.30. The zero-order valence-corrected chi connectivity index (χ0v) is 13.7. The maximum atomic E-state index is 10.3. The molecule has 3 heteroatoms. The molecule has 1 aromatic rings. The third-order valence-electron chi connectivity index (χ3n) is 2.17. The minimum Gasteiger partial charge on any atom is -0.478 e. The van der Waals surface area contributed by atoms with Gasteiger partial charge in [0, 0.05) is 11.6 Å². The van der Waals surface area contributed by atoms with E-state index in [0.29, 0.717) is 6.42 Å². The zero-order valence-electron chi connectivity index (χ0n) is 13.7. The lowest BCUT2D eigenvalue weighted by Crippen LogP contribution is -2.10. The van der Waals surface area contributed by atoms with Crippen molar-refractivity contribution in [2.24, 2.45) is 5.41 Å². The summed E-state index contributed by atoms with van der Waals surface area (Å²) in [5, 5.41) is 16.0. The topological polar surface area (TPSA) is 61.1 Å². The molecule has 0 aliphatic carbocycles. The van der Waals surface area contributed by atoms with Gasteiger partial charge in [-0.15, -0.1) is 0 Å². The number of hydrogen-bond acceptors (Lipinski definition) is 2. The van der Waals surface area contributed by atoms with Crippen LogP contribution in [-0.4, -0.2) is 11.1 Å². The average molecular weight is 299 g/mol. The van der Waals surface area contributed by atoms with Crippen LogP contribution in [0.5, 0.6) is 0 Å². The molecule has 0 heterocycles. The number of aliphatic carboxylic acids is 1. The van der Waals surface area contributed by atoms with E-state index in [1.165, 1.54) is 11.6 Å². The normalized spacial score (nSPS) is 8.82. The molecule has 0 aliphatic heterocycles. The molecule has 0 amide bonds. The lowest BCUT2D eigenvalue weighted by molar-refractivity contribution is -0.133. The van der Waals surface area contributed by atoms with Gasteiger partial charge in [-0.05, 0) is 17.4 Å². The van der Waals surface area contributed by atoms with E-state index in [1.807, 2.05) is 57.2 Å². The summed E-state index contributed by atoms with van der Waals surface area (Å²) in [4.78, 5) is 10.3. The molecule has 1 aromatic carbocycles. The van der Waals surface area contributed by atoms with E-state index < -0.39 is 5.97 Å². The first-order valence-corrected chi connectivity index (χ1v) is 6.77. The largest absolute Gasteiger partial charge is 0.478 e. The highest BCUT2D eigenvalue weighted by atomic mass is 16.4. The quantitative estimate of drug-likeness (QED) is 0.624. The fraction of sp³-hybridized carbons (Fsp3) is 0.263. The summed E-state index contributed by atoms with van der Waals surface area (Å²) in [7, 11) is 0. The number of allylic oxidation sites excluding steroid dienone is 1. The van der Waals surface area contributed by atoms with Crippen LogP contribution in [0, 0.1) is 16.7 Å². The van der Waals surface area contributed by atoms with E-state index in [1.54, 1.807) is 6.07 Å².